The van der Waals surface area contributed by atoms with Crippen LogP contribution in [0, 0.1) is 16.7 Å². The molecule has 0 aliphatic heterocycles. The highest BCUT2D eigenvalue weighted by Gasteiger charge is 2.61. The fraction of sp³-hybridized carbons (Fsp3) is 0.750. The van der Waals surface area contributed by atoms with Crippen molar-refractivity contribution in [3.8, 4) is 0 Å². The molecule has 142 valence electrons. The topological polar surface area (TPSA) is 38.0 Å². The van der Waals surface area contributed by atoms with Crippen molar-refractivity contribution in [3.63, 3.8) is 0 Å². The van der Waals surface area contributed by atoms with Gasteiger partial charge < -0.3 is 11.1 Å². The standard InChI is InChI=1S/C24H36N2/c1-22-11-18-12-23(14-22,17-26-21-9-7-20(25)8-10-21)16-24(13-18,15-22)19-5-3-2-4-6-19/h2-6,18,20-21,26H,7-17,25H2,1H3/t18?,20-,21-,22?,23?,24?. The molecule has 26 heavy (non-hydrogen) atoms. The Balaban J connectivity index is 1.37. The van der Waals surface area contributed by atoms with Crippen molar-refractivity contribution in [2.75, 3.05) is 6.54 Å². The van der Waals surface area contributed by atoms with E-state index in [4.69, 9.17) is 5.73 Å². The average Bonchev–Trinajstić information content (AvgIpc) is 2.60. The molecular weight excluding hydrogens is 316 g/mol. The lowest BCUT2D eigenvalue weighted by atomic mass is 9.39. The molecule has 0 heterocycles. The second-order valence-electron chi connectivity index (χ2n) is 11.0. The van der Waals surface area contributed by atoms with Crippen molar-refractivity contribution in [3.05, 3.63) is 35.9 Å². The Bertz CT molecular complexity index is 649. The zero-order valence-corrected chi connectivity index (χ0v) is 16.5. The Labute approximate surface area is 159 Å². The van der Waals surface area contributed by atoms with Crippen molar-refractivity contribution in [1.82, 2.24) is 5.32 Å². The predicted molar refractivity (Wildman–Crippen MR) is 108 cm³/mol. The second-order valence-corrected chi connectivity index (χ2v) is 11.0. The van der Waals surface area contributed by atoms with Gasteiger partial charge in [-0.3, -0.25) is 0 Å². The summed E-state index contributed by atoms with van der Waals surface area (Å²) < 4.78 is 0. The molecule has 0 amide bonds. The summed E-state index contributed by atoms with van der Waals surface area (Å²) in [5, 5.41) is 4.03. The quantitative estimate of drug-likeness (QED) is 0.819. The van der Waals surface area contributed by atoms with Crippen LogP contribution in [-0.4, -0.2) is 18.6 Å². The first kappa shape index (κ1) is 17.3. The van der Waals surface area contributed by atoms with Gasteiger partial charge in [0, 0.05) is 18.6 Å². The summed E-state index contributed by atoms with van der Waals surface area (Å²) in [4.78, 5) is 0. The molecule has 0 saturated heterocycles. The summed E-state index contributed by atoms with van der Waals surface area (Å²) in [7, 11) is 0. The molecule has 1 aromatic rings. The van der Waals surface area contributed by atoms with Crippen LogP contribution in [0.3, 0.4) is 0 Å². The van der Waals surface area contributed by atoms with Gasteiger partial charge >= 0.3 is 0 Å². The van der Waals surface area contributed by atoms with E-state index in [0.717, 1.165) is 5.92 Å². The van der Waals surface area contributed by atoms with Gasteiger partial charge in [-0.15, -0.1) is 0 Å². The van der Waals surface area contributed by atoms with E-state index in [1.165, 1.54) is 70.8 Å². The molecule has 4 bridgehead atoms. The molecule has 1 aromatic carbocycles. The highest BCUT2D eigenvalue weighted by Crippen LogP contribution is 2.69. The zero-order valence-electron chi connectivity index (χ0n) is 16.5. The molecule has 0 radical (unpaired) electrons. The SMILES string of the molecule is CC12CC3CC(CN[C@H]4CC[C@H](N)CC4)(C1)CC(c1ccccc1)(C3)C2. The third kappa shape index (κ3) is 2.94. The maximum atomic E-state index is 6.11. The van der Waals surface area contributed by atoms with Crippen molar-refractivity contribution in [2.45, 2.75) is 88.6 Å². The molecular formula is C24H36N2. The van der Waals surface area contributed by atoms with Crippen LogP contribution < -0.4 is 11.1 Å². The van der Waals surface area contributed by atoms with E-state index >= 15 is 0 Å². The molecule has 4 unspecified atom stereocenters. The molecule has 5 aliphatic rings. The minimum absolute atomic E-state index is 0.450. The van der Waals surface area contributed by atoms with Crippen LogP contribution in [0.2, 0.25) is 0 Å². The lowest BCUT2D eigenvalue weighted by molar-refractivity contribution is -0.118. The van der Waals surface area contributed by atoms with Crippen LogP contribution in [0.4, 0.5) is 0 Å². The molecule has 5 fully saturated rings. The largest absolute Gasteiger partial charge is 0.328 e. The van der Waals surface area contributed by atoms with Crippen LogP contribution in [0.1, 0.15) is 76.7 Å². The molecule has 2 heteroatoms. The zero-order chi connectivity index (χ0) is 17.8. The normalized spacial score (nSPS) is 47.2. The third-order valence-corrected chi connectivity index (χ3v) is 8.39. The third-order valence-electron chi connectivity index (χ3n) is 8.39. The summed E-state index contributed by atoms with van der Waals surface area (Å²) >= 11 is 0. The predicted octanol–water partition coefficient (Wildman–Crippen LogP) is 4.77. The number of nitrogens with two attached hydrogens (primary N) is 1. The van der Waals surface area contributed by atoms with Gasteiger partial charge in [0.1, 0.15) is 0 Å². The van der Waals surface area contributed by atoms with E-state index in [0.29, 0.717) is 28.3 Å². The van der Waals surface area contributed by atoms with Crippen LogP contribution in [-0.2, 0) is 5.41 Å². The summed E-state index contributed by atoms with van der Waals surface area (Å²) in [6.45, 7) is 3.84. The Morgan fingerprint density at radius 2 is 1.73 bits per heavy atom. The van der Waals surface area contributed by atoms with Gasteiger partial charge in [-0.05, 0) is 91.9 Å². The molecule has 3 N–H and O–H groups in total. The van der Waals surface area contributed by atoms with E-state index in [9.17, 15) is 0 Å². The van der Waals surface area contributed by atoms with Crippen LogP contribution in [0.25, 0.3) is 0 Å². The van der Waals surface area contributed by atoms with Crippen molar-refractivity contribution in [1.29, 1.82) is 0 Å². The number of rotatable bonds is 4. The van der Waals surface area contributed by atoms with Crippen molar-refractivity contribution < 1.29 is 0 Å². The summed E-state index contributed by atoms with van der Waals surface area (Å²) in [5.74, 6) is 0.943. The van der Waals surface area contributed by atoms with Gasteiger partial charge in [-0.1, -0.05) is 37.3 Å². The Hall–Kier alpha value is -0.860. The van der Waals surface area contributed by atoms with E-state index in [1.54, 1.807) is 5.56 Å². The number of hydrogen-bond acceptors (Lipinski definition) is 2. The highest BCUT2D eigenvalue weighted by molar-refractivity contribution is 5.31. The van der Waals surface area contributed by atoms with Gasteiger partial charge in [0.25, 0.3) is 0 Å². The van der Waals surface area contributed by atoms with Gasteiger partial charge in [0.2, 0.25) is 0 Å². The van der Waals surface area contributed by atoms with Crippen molar-refractivity contribution in [2.24, 2.45) is 22.5 Å². The first-order chi connectivity index (χ1) is 12.5. The number of hydrogen-bond donors (Lipinski definition) is 2. The van der Waals surface area contributed by atoms with E-state index in [-0.39, 0.29) is 0 Å². The van der Waals surface area contributed by atoms with Gasteiger partial charge in [0.05, 0.1) is 0 Å². The molecule has 6 rings (SSSR count). The molecule has 0 aromatic heterocycles. The molecule has 0 spiro atoms. The lowest BCUT2D eigenvalue weighted by Crippen LogP contribution is -2.60. The molecule has 5 saturated carbocycles. The maximum Gasteiger partial charge on any atom is 0.00684 e. The Kier molecular flexibility index (Phi) is 4.03. The van der Waals surface area contributed by atoms with Crippen LogP contribution in [0.5, 0.6) is 0 Å². The highest BCUT2D eigenvalue weighted by atomic mass is 14.9. The summed E-state index contributed by atoms with van der Waals surface area (Å²) in [5.41, 5.74) is 9.28. The van der Waals surface area contributed by atoms with E-state index in [1.807, 2.05) is 0 Å². The Morgan fingerprint density at radius 3 is 2.46 bits per heavy atom. The van der Waals surface area contributed by atoms with Crippen LogP contribution in [0.15, 0.2) is 30.3 Å². The van der Waals surface area contributed by atoms with Crippen molar-refractivity contribution >= 4 is 0 Å². The molecule has 4 atom stereocenters. The van der Waals surface area contributed by atoms with Gasteiger partial charge in [0.15, 0.2) is 0 Å². The lowest BCUT2D eigenvalue weighted by Gasteiger charge is -2.66. The monoisotopic (exact) mass is 352 g/mol. The average molecular weight is 353 g/mol. The Morgan fingerprint density at radius 1 is 0.962 bits per heavy atom. The first-order valence-corrected chi connectivity index (χ1v) is 11.0. The molecule has 5 aliphatic carbocycles. The summed E-state index contributed by atoms with van der Waals surface area (Å²) in [6, 6.07) is 12.7. The number of benzene rings is 1. The van der Waals surface area contributed by atoms with Crippen LogP contribution >= 0.6 is 0 Å². The van der Waals surface area contributed by atoms with Gasteiger partial charge in [-0.2, -0.15) is 0 Å². The van der Waals surface area contributed by atoms with E-state index in [2.05, 4.69) is 42.6 Å². The smallest absolute Gasteiger partial charge is 0.00684 e. The molecule has 2 nitrogen and oxygen atoms in total. The maximum absolute atomic E-state index is 6.11. The summed E-state index contributed by atoms with van der Waals surface area (Å²) in [6.07, 6.45) is 13.6. The minimum atomic E-state index is 0.450. The fourth-order valence-electron chi connectivity index (χ4n) is 8.13. The minimum Gasteiger partial charge on any atom is -0.328 e. The van der Waals surface area contributed by atoms with E-state index < -0.39 is 0 Å². The fourth-order valence-corrected chi connectivity index (χ4v) is 8.13. The second kappa shape index (κ2) is 6.07. The first-order valence-electron chi connectivity index (χ1n) is 11.0. The van der Waals surface area contributed by atoms with Gasteiger partial charge in [-0.25, -0.2) is 0 Å². The number of nitrogens with one attached hydrogen (secondary N) is 1.